The Morgan fingerprint density at radius 1 is 1.26 bits per heavy atom. The summed E-state index contributed by atoms with van der Waals surface area (Å²) in [6.07, 6.45) is -3.50. The van der Waals surface area contributed by atoms with Gasteiger partial charge in [-0.1, -0.05) is 17.7 Å². The molecule has 1 aliphatic heterocycles. The normalized spacial score (nSPS) is 18.9. The van der Waals surface area contributed by atoms with Gasteiger partial charge in [-0.2, -0.15) is 18.4 Å². The van der Waals surface area contributed by atoms with Gasteiger partial charge >= 0.3 is 6.18 Å². The van der Waals surface area contributed by atoms with Crippen LogP contribution in [0.15, 0.2) is 18.2 Å². The third kappa shape index (κ3) is 2.70. The summed E-state index contributed by atoms with van der Waals surface area (Å²) in [7, 11) is 0. The molecule has 1 N–H and O–H groups in total. The lowest BCUT2D eigenvalue weighted by molar-refractivity contribution is -0.137. The molecular weight excluding hydrogens is 277 g/mol. The van der Waals surface area contributed by atoms with E-state index in [2.05, 4.69) is 11.4 Å². The number of nitrogens with zero attached hydrogens (tertiary/aromatic N) is 1. The molecule has 2 nitrogen and oxygen atoms in total. The summed E-state index contributed by atoms with van der Waals surface area (Å²) in [6, 6.07) is 5.94. The van der Waals surface area contributed by atoms with Crippen LogP contribution in [0.1, 0.15) is 24.0 Å². The molecule has 6 heteroatoms. The van der Waals surface area contributed by atoms with Gasteiger partial charge in [0.05, 0.1) is 22.1 Å². The largest absolute Gasteiger partial charge is 0.417 e. The molecule has 0 aromatic heterocycles. The van der Waals surface area contributed by atoms with Crippen molar-refractivity contribution < 1.29 is 13.2 Å². The number of benzene rings is 1. The van der Waals surface area contributed by atoms with Crippen LogP contribution < -0.4 is 5.32 Å². The van der Waals surface area contributed by atoms with Crippen LogP contribution in [0.2, 0.25) is 5.02 Å². The van der Waals surface area contributed by atoms with Gasteiger partial charge in [0, 0.05) is 0 Å². The van der Waals surface area contributed by atoms with Gasteiger partial charge in [0.15, 0.2) is 0 Å². The van der Waals surface area contributed by atoms with Crippen LogP contribution in [0.3, 0.4) is 0 Å². The Hall–Kier alpha value is -1.25. The number of hydrogen-bond acceptors (Lipinski definition) is 2. The van der Waals surface area contributed by atoms with Gasteiger partial charge in [-0.05, 0) is 43.6 Å². The SMILES string of the molecule is N#CC1(c2ccc(Cl)c(C(F)(F)F)c2)CCNCC1. The average Bonchev–Trinajstić information content (AvgIpc) is 2.38. The van der Waals surface area contributed by atoms with Crippen LogP contribution >= 0.6 is 11.6 Å². The second-order valence-corrected chi connectivity index (χ2v) is 5.04. The molecule has 0 spiro atoms. The highest BCUT2D eigenvalue weighted by Gasteiger charge is 2.38. The van der Waals surface area contributed by atoms with Crippen molar-refractivity contribution >= 4 is 11.6 Å². The molecule has 1 aromatic rings. The van der Waals surface area contributed by atoms with Crippen LogP contribution in [0.5, 0.6) is 0 Å². The standard InChI is InChI=1S/C13H12ClF3N2/c14-11-2-1-9(7-10(11)13(15,16)17)12(8-18)3-5-19-6-4-12/h1-2,7,19H,3-6H2. The van der Waals surface area contributed by atoms with E-state index in [1.807, 2.05) is 0 Å². The number of halogens is 4. The number of nitrogens with one attached hydrogen (secondary N) is 1. The second kappa shape index (κ2) is 5.03. The number of rotatable bonds is 1. The molecule has 0 bridgehead atoms. The molecule has 102 valence electrons. The van der Waals surface area contributed by atoms with Crippen LogP contribution in [-0.4, -0.2) is 13.1 Å². The highest BCUT2D eigenvalue weighted by Crippen LogP contribution is 2.39. The van der Waals surface area contributed by atoms with Crippen LogP contribution in [0, 0.1) is 11.3 Å². The van der Waals surface area contributed by atoms with E-state index >= 15 is 0 Å². The lowest BCUT2D eigenvalue weighted by Gasteiger charge is -2.32. The minimum Gasteiger partial charge on any atom is -0.317 e. The summed E-state index contributed by atoms with van der Waals surface area (Å²) >= 11 is 5.59. The van der Waals surface area contributed by atoms with Crippen molar-refractivity contribution in [3.05, 3.63) is 34.3 Å². The molecule has 1 fully saturated rings. The fourth-order valence-corrected chi connectivity index (χ4v) is 2.58. The van der Waals surface area contributed by atoms with Gasteiger partial charge in [-0.15, -0.1) is 0 Å². The zero-order chi connectivity index (χ0) is 14.1. The van der Waals surface area contributed by atoms with Gasteiger partial charge < -0.3 is 5.32 Å². The molecule has 1 saturated heterocycles. The molecular formula is C13H12ClF3N2. The van der Waals surface area contributed by atoms with E-state index in [4.69, 9.17) is 11.6 Å². The fourth-order valence-electron chi connectivity index (χ4n) is 2.36. The predicted octanol–water partition coefficient (Wildman–Crippen LogP) is 3.50. The Balaban J connectivity index is 2.48. The first-order valence-corrected chi connectivity index (χ1v) is 6.26. The van der Waals surface area contributed by atoms with Crippen molar-refractivity contribution in [3.63, 3.8) is 0 Å². The lowest BCUT2D eigenvalue weighted by atomic mass is 9.74. The Kier molecular flexibility index (Phi) is 3.75. The molecule has 1 aromatic carbocycles. The van der Waals surface area contributed by atoms with Gasteiger partial charge in [0.25, 0.3) is 0 Å². The van der Waals surface area contributed by atoms with Crippen molar-refractivity contribution in [1.82, 2.24) is 5.32 Å². The Labute approximate surface area is 114 Å². The molecule has 0 amide bonds. The van der Waals surface area contributed by atoms with E-state index in [-0.39, 0.29) is 5.02 Å². The minimum atomic E-state index is -4.50. The first kappa shape index (κ1) is 14.2. The second-order valence-electron chi connectivity index (χ2n) is 4.64. The van der Waals surface area contributed by atoms with Crippen molar-refractivity contribution in [1.29, 1.82) is 5.26 Å². The number of nitriles is 1. The molecule has 0 unspecified atom stereocenters. The lowest BCUT2D eigenvalue weighted by Crippen LogP contribution is -2.39. The third-order valence-electron chi connectivity index (χ3n) is 3.50. The molecule has 1 aliphatic rings. The summed E-state index contributed by atoms with van der Waals surface area (Å²) < 4.78 is 38.5. The van der Waals surface area contributed by atoms with E-state index in [9.17, 15) is 18.4 Å². The number of hydrogen-bond donors (Lipinski definition) is 1. The average molecular weight is 289 g/mol. The molecule has 1 heterocycles. The van der Waals surface area contributed by atoms with Crippen LogP contribution in [0.4, 0.5) is 13.2 Å². The highest BCUT2D eigenvalue weighted by molar-refractivity contribution is 6.31. The van der Waals surface area contributed by atoms with Gasteiger partial charge in [-0.25, -0.2) is 0 Å². The van der Waals surface area contributed by atoms with E-state index in [1.54, 1.807) is 0 Å². The quantitative estimate of drug-likeness (QED) is 0.858. The summed E-state index contributed by atoms with van der Waals surface area (Å²) in [6.45, 7) is 1.25. The Bertz CT molecular complexity index is 514. The first-order valence-electron chi connectivity index (χ1n) is 5.88. The molecule has 19 heavy (non-hydrogen) atoms. The van der Waals surface area contributed by atoms with Crippen molar-refractivity contribution in [2.24, 2.45) is 0 Å². The molecule has 0 aliphatic carbocycles. The van der Waals surface area contributed by atoms with Crippen molar-refractivity contribution in [3.8, 4) is 6.07 Å². The maximum absolute atomic E-state index is 12.8. The van der Waals surface area contributed by atoms with Gasteiger partial charge in [0.2, 0.25) is 0 Å². The monoisotopic (exact) mass is 288 g/mol. The minimum absolute atomic E-state index is 0.335. The van der Waals surface area contributed by atoms with E-state index in [1.165, 1.54) is 12.1 Å². The third-order valence-corrected chi connectivity index (χ3v) is 3.83. The maximum Gasteiger partial charge on any atom is 0.417 e. The van der Waals surface area contributed by atoms with E-state index in [0.29, 0.717) is 31.5 Å². The molecule has 0 radical (unpaired) electrons. The molecule has 0 atom stereocenters. The van der Waals surface area contributed by atoms with Crippen LogP contribution in [0.25, 0.3) is 0 Å². The molecule has 0 saturated carbocycles. The summed E-state index contributed by atoms with van der Waals surface area (Å²) in [5.41, 5.74) is -1.33. The van der Waals surface area contributed by atoms with Crippen molar-refractivity contribution in [2.75, 3.05) is 13.1 Å². The smallest absolute Gasteiger partial charge is 0.317 e. The summed E-state index contributed by atoms with van der Waals surface area (Å²) in [5, 5.41) is 12.1. The zero-order valence-electron chi connectivity index (χ0n) is 10.0. The first-order chi connectivity index (χ1) is 8.89. The fraction of sp³-hybridized carbons (Fsp3) is 0.462. The Morgan fingerprint density at radius 3 is 2.42 bits per heavy atom. The molecule has 2 rings (SSSR count). The van der Waals surface area contributed by atoms with Crippen LogP contribution in [-0.2, 0) is 11.6 Å². The summed E-state index contributed by atoms with van der Waals surface area (Å²) in [4.78, 5) is 0. The van der Waals surface area contributed by atoms with Crippen molar-refractivity contribution in [2.45, 2.75) is 24.4 Å². The predicted molar refractivity (Wildman–Crippen MR) is 65.8 cm³/mol. The zero-order valence-corrected chi connectivity index (χ0v) is 10.8. The Morgan fingerprint density at radius 2 is 1.89 bits per heavy atom. The van der Waals surface area contributed by atoms with Gasteiger partial charge in [0.1, 0.15) is 0 Å². The summed E-state index contributed by atoms with van der Waals surface area (Å²) in [5.74, 6) is 0. The van der Waals surface area contributed by atoms with Gasteiger partial charge in [-0.3, -0.25) is 0 Å². The van der Waals surface area contributed by atoms with E-state index in [0.717, 1.165) is 6.07 Å². The van der Waals surface area contributed by atoms with E-state index < -0.39 is 17.2 Å². The number of piperidine rings is 1. The topological polar surface area (TPSA) is 35.8 Å². The number of alkyl halides is 3. The maximum atomic E-state index is 12.8. The highest BCUT2D eigenvalue weighted by atomic mass is 35.5.